The van der Waals surface area contributed by atoms with Crippen LogP contribution >= 0.6 is 0 Å². The first-order chi connectivity index (χ1) is 15.2. The van der Waals surface area contributed by atoms with Crippen LogP contribution in [0, 0.1) is 5.92 Å². The van der Waals surface area contributed by atoms with E-state index in [4.69, 9.17) is 9.47 Å². The number of amides is 1. The average molecular weight is 427 g/mol. The van der Waals surface area contributed by atoms with Gasteiger partial charge >= 0.3 is 0 Å². The van der Waals surface area contributed by atoms with Gasteiger partial charge in [0.15, 0.2) is 0 Å². The third-order valence-electron chi connectivity index (χ3n) is 6.73. The number of carbonyl (C=O) groups is 1. The van der Waals surface area contributed by atoms with E-state index in [2.05, 4.69) is 15.1 Å². The van der Waals surface area contributed by atoms with Gasteiger partial charge in [-0.05, 0) is 75.0 Å². The molecule has 0 spiro atoms. The Morgan fingerprint density at radius 1 is 1.16 bits per heavy atom. The highest BCUT2D eigenvalue weighted by Crippen LogP contribution is 2.31. The molecule has 2 aliphatic heterocycles. The zero-order chi connectivity index (χ0) is 21.6. The SMILES string of the molecule is COCCN(C[C@H]1CCCN2CCCC[C@H]12)C(=O)c1cc(-c2ccc(OC)cc2)n[nH]1. The number of aromatic amines is 1. The summed E-state index contributed by atoms with van der Waals surface area (Å²) < 4.78 is 10.5. The second-order valence-corrected chi connectivity index (χ2v) is 8.64. The van der Waals surface area contributed by atoms with Gasteiger partial charge < -0.3 is 19.3 Å². The number of carbonyl (C=O) groups excluding carboxylic acids is 1. The Balaban J connectivity index is 1.48. The molecule has 2 saturated heterocycles. The molecule has 0 unspecified atom stereocenters. The normalized spacial score (nSPS) is 21.5. The Morgan fingerprint density at radius 3 is 2.74 bits per heavy atom. The smallest absolute Gasteiger partial charge is 0.271 e. The van der Waals surface area contributed by atoms with Crippen molar-refractivity contribution in [2.75, 3.05) is 47.0 Å². The molecule has 0 bridgehead atoms. The fourth-order valence-electron chi connectivity index (χ4n) is 5.06. The van der Waals surface area contributed by atoms with Crippen LogP contribution in [0.4, 0.5) is 0 Å². The first-order valence-electron chi connectivity index (χ1n) is 11.4. The van der Waals surface area contributed by atoms with Crippen molar-refractivity contribution in [2.24, 2.45) is 5.92 Å². The summed E-state index contributed by atoms with van der Waals surface area (Å²) in [5.74, 6) is 1.32. The third-order valence-corrected chi connectivity index (χ3v) is 6.73. The monoisotopic (exact) mass is 426 g/mol. The molecule has 0 saturated carbocycles. The van der Waals surface area contributed by atoms with Gasteiger partial charge in [0.05, 0.1) is 19.4 Å². The Hall–Kier alpha value is -2.38. The molecule has 4 rings (SSSR count). The minimum absolute atomic E-state index is 0.00255. The molecule has 168 valence electrons. The first kappa shape index (κ1) is 21.8. The maximum Gasteiger partial charge on any atom is 0.271 e. The lowest BCUT2D eigenvalue weighted by Gasteiger charge is -2.45. The molecule has 2 aromatic rings. The minimum atomic E-state index is -0.00255. The van der Waals surface area contributed by atoms with E-state index in [-0.39, 0.29) is 5.91 Å². The third kappa shape index (κ3) is 5.10. The largest absolute Gasteiger partial charge is 0.497 e. The lowest BCUT2D eigenvalue weighted by molar-refractivity contribution is 0.0313. The number of nitrogens with one attached hydrogen (secondary N) is 1. The molecular weight excluding hydrogens is 392 g/mol. The van der Waals surface area contributed by atoms with Gasteiger partial charge in [-0.2, -0.15) is 5.10 Å². The predicted molar refractivity (Wildman–Crippen MR) is 120 cm³/mol. The quantitative estimate of drug-likeness (QED) is 0.700. The van der Waals surface area contributed by atoms with Crippen LogP contribution in [0.2, 0.25) is 0 Å². The van der Waals surface area contributed by atoms with E-state index in [0.717, 1.165) is 23.6 Å². The Kier molecular flexibility index (Phi) is 7.25. The molecule has 3 heterocycles. The number of hydrogen-bond acceptors (Lipinski definition) is 5. The van der Waals surface area contributed by atoms with Crippen LogP contribution in [-0.2, 0) is 4.74 Å². The highest BCUT2D eigenvalue weighted by atomic mass is 16.5. The van der Waals surface area contributed by atoms with Crippen molar-refractivity contribution < 1.29 is 14.3 Å². The number of fused-ring (bicyclic) bond motifs is 1. The number of methoxy groups -OCH3 is 2. The van der Waals surface area contributed by atoms with Crippen LogP contribution < -0.4 is 4.74 Å². The summed E-state index contributed by atoms with van der Waals surface area (Å²) in [5.41, 5.74) is 2.23. The Morgan fingerprint density at radius 2 is 1.97 bits per heavy atom. The van der Waals surface area contributed by atoms with Gasteiger partial charge in [0, 0.05) is 31.8 Å². The van der Waals surface area contributed by atoms with E-state index in [0.29, 0.717) is 30.8 Å². The molecule has 31 heavy (non-hydrogen) atoms. The van der Waals surface area contributed by atoms with Gasteiger partial charge in [-0.25, -0.2) is 0 Å². The zero-order valence-corrected chi connectivity index (χ0v) is 18.7. The van der Waals surface area contributed by atoms with E-state index in [9.17, 15) is 4.79 Å². The van der Waals surface area contributed by atoms with E-state index in [1.165, 1.54) is 45.2 Å². The number of hydrogen-bond donors (Lipinski definition) is 1. The number of rotatable bonds is 8. The van der Waals surface area contributed by atoms with Gasteiger partial charge in [-0.15, -0.1) is 0 Å². The summed E-state index contributed by atoms with van der Waals surface area (Å²) in [6, 6.07) is 10.1. The van der Waals surface area contributed by atoms with Crippen molar-refractivity contribution in [1.82, 2.24) is 20.0 Å². The zero-order valence-electron chi connectivity index (χ0n) is 18.7. The minimum Gasteiger partial charge on any atom is -0.497 e. The molecule has 0 radical (unpaired) electrons. The van der Waals surface area contributed by atoms with Gasteiger partial charge in [-0.1, -0.05) is 6.42 Å². The van der Waals surface area contributed by atoms with E-state index in [1.807, 2.05) is 35.2 Å². The van der Waals surface area contributed by atoms with Crippen molar-refractivity contribution in [3.8, 4) is 17.0 Å². The highest BCUT2D eigenvalue weighted by molar-refractivity contribution is 5.93. The number of benzene rings is 1. The number of ether oxygens (including phenoxy) is 2. The van der Waals surface area contributed by atoms with Gasteiger partial charge in [0.25, 0.3) is 5.91 Å². The second kappa shape index (κ2) is 10.3. The van der Waals surface area contributed by atoms with Crippen molar-refractivity contribution >= 4 is 5.91 Å². The molecule has 2 fully saturated rings. The van der Waals surface area contributed by atoms with Gasteiger partial charge in [0.2, 0.25) is 0 Å². The molecule has 1 N–H and O–H groups in total. The van der Waals surface area contributed by atoms with Gasteiger partial charge in [0.1, 0.15) is 11.4 Å². The summed E-state index contributed by atoms with van der Waals surface area (Å²) in [4.78, 5) is 18.0. The van der Waals surface area contributed by atoms with Crippen LogP contribution in [0.25, 0.3) is 11.3 Å². The average Bonchev–Trinajstić information content (AvgIpc) is 3.32. The Bertz CT molecular complexity index is 849. The number of H-pyrrole nitrogens is 1. The van der Waals surface area contributed by atoms with Crippen molar-refractivity contribution in [1.29, 1.82) is 0 Å². The lowest BCUT2D eigenvalue weighted by Crippen LogP contribution is -2.52. The van der Waals surface area contributed by atoms with Gasteiger partial charge in [-0.3, -0.25) is 9.89 Å². The molecule has 1 amide bonds. The predicted octanol–water partition coefficient (Wildman–Crippen LogP) is 3.44. The molecule has 7 nitrogen and oxygen atoms in total. The molecule has 1 aromatic heterocycles. The van der Waals surface area contributed by atoms with Crippen LogP contribution in [0.3, 0.4) is 0 Å². The number of nitrogens with zero attached hydrogens (tertiary/aromatic N) is 3. The number of aromatic nitrogens is 2. The molecule has 2 atom stereocenters. The van der Waals surface area contributed by atoms with E-state index < -0.39 is 0 Å². The molecule has 2 aliphatic rings. The fourth-order valence-corrected chi connectivity index (χ4v) is 5.06. The van der Waals surface area contributed by atoms with Crippen LogP contribution in [0.15, 0.2) is 30.3 Å². The maximum absolute atomic E-state index is 13.4. The topological polar surface area (TPSA) is 70.7 Å². The summed E-state index contributed by atoms with van der Waals surface area (Å²) >= 11 is 0. The molecule has 0 aliphatic carbocycles. The standard InChI is InChI=1S/C24H34N4O3/c1-30-15-14-28(17-19-6-5-13-27-12-4-3-7-23(19)27)24(29)22-16-21(25-26-22)18-8-10-20(31-2)11-9-18/h8-11,16,19,23H,3-7,12-15,17H2,1-2H3,(H,25,26)/t19-,23-/m1/s1. The lowest BCUT2D eigenvalue weighted by atomic mass is 9.83. The summed E-state index contributed by atoms with van der Waals surface area (Å²) in [7, 11) is 3.33. The van der Waals surface area contributed by atoms with E-state index >= 15 is 0 Å². The number of piperidine rings is 2. The second-order valence-electron chi connectivity index (χ2n) is 8.64. The fraction of sp³-hybridized carbons (Fsp3) is 0.583. The van der Waals surface area contributed by atoms with Crippen molar-refractivity contribution in [3.05, 3.63) is 36.0 Å². The maximum atomic E-state index is 13.4. The molecule has 7 heteroatoms. The summed E-state index contributed by atoms with van der Waals surface area (Å²) in [6.07, 6.45) is 6.27. The molecule has 1 aromatic carbocycles. The van der Waals surface area contributed by atoms with Crippen molar-refractivity contribution in [3.63, 3.8) is 0 Å². The summed E-state index contributed by atoms with van der Waals surface area (Å²) in [5, 5.41) is 7.34. The molecular formula is C24H34N4O3. The Labute approximate surface area is 184 Å². The van der Waals surface area contributed by atoms with Crippen LogP contribution in [-0.4, -0.2) is 79.0 Å². The summed E-state index contributed by atoms with van der Waals surface area (Å²) in [6.45, 7) is 4.32. The van der Waals surface area contributed by atoms with Crippen LogP contribution in [0.1, 0.15) is 42.6 Å². The van der Waals surface area contributed by atoms with Crippen LogP contribution in [0.5, 0.6) is 5.75 Å². The van der Waals surface area contributed by atoms with E-state index in [1.54, 1.807) is 14.2 Å². The first-order valence-corrected chi connectivity index (χ1v) is 11.4. The highest BCUT2D eigenvalue weighted by Gasteiger charge is 2.35. The van der Waals surface area contributed by atoms with Crippen molar-refractivity contribution in [2.45, 2.75) is 38.1 Å².